The SMILES string of the molecule is Cn1ncc2c(=O)n(Cc3ccn(-c4ccccc4F)n3)cnc21. The van der Waals surface area contributed by atoms with Crippen LogP contribution < -0.4 is 5.56 Å². The molecule has 120 valence electrons. The molecule has 3 aromatic heterocycles. The predicted octanol–water partition coefficient (Wildman–Crippen LogP) is 1.50. The molecule has 0 fully saturated rings. The Balaban J connectivity index is 1.69. The Kier molecular flexibility index (Phi) is 3.23. The van der Waals surface area contributed by atoms with Crippen LogP contribution in [0.25, 0.3) is 16.7 Å². The summed E-state index contributed by atoms with van der Waals surface area (Å²) in [5.74, 6) is -0.359. The maximum Gasteiger partial charge on any atom is 0.264 e. The van der Waals surface area contributed by atoms with Crippen LogP contribution in [0.5, 0.6) is 0 Å². The normalized spacial score (nSPS) is 11.2. The number of aryl methyl sites for hydroxylation is 1. The number of hydrogen-bond acceptors (Lipinski definition) is 4. The minimum absolute atomic E-state index is 0.187. The highest BCUT2D eigenvalue weighted by Crippen LogP contribution is 2.12. The summed E-state index contributed by atoms with van der Waals surface area (Å²) < 4.78 is 18.3. The third-order valence-corrected chi connectivity index (χ3v) is 3.79. The summed E-state index contributed by atoms with van der Waals surface area (Å²) in [6.45, 7) is 0.248. The first-order valence-electron chi connectivity index (χ1n) is 7.30. The third-order valence-electron chi connectivity index (χ3n) is 3.79. The van der Waals surface area contributed by atoms with E-state index in [0.29, 0.717) is 22.4 Å². The van der Waals surface area contributed by atoms with Gasteiger partial charge in [-0.25, -0.2) is 14.1 Å². The van der Waals surface area contributed by atoms with Crippen LogP contribution in [0, 0.1) is 5.82 Å². The van der Waals surface area contributed by atoms with Crippen molar-refractivity contribution in [2.24, 2.45) is 7.05 Å². The number of rotatable bonds is 3. The molecule has 0 amide bonds. The first-order chi connectivity index (χ1) is 11.6. The van der Waals surface area contributed by atoms with Crippen molar-refractivity contribution in [2.45, 2.75) is 6.54 Å². The van der Waals surface area contributed by atoms with E-state index in [1.165, 1.54) is 27.8 Å². The molecule has 7 nitrogen and oxygen atoms in total. The van der Waals surface area contributed by atoms with Crippen molar-refractivity contribution in [2.75, 3.05) is 0 Å². The summed E-state index contributed by atoms with van der Waals surface area (Å²) >= 11 is 0. The molecule has 0 spiro atoms. The van der Waals surface area contributed by atoms with Gasteiger partial charge in [-0.2, -0.15) is 10.2 Å². The van der Waals surface area contributed by atoms with E-state index in [1.807, 2.05) is 0 Å². The van der Waals surface area contributed by atoms with Crippen LogP contribution in [0.2, 0.25) is 0 Å². The van der Waals surface area contributed by atoms with Crippen LogP contribution in [0.1, 0.15) is 5.69 Å². The van der Waals surface area contributed by atoms with Crippen LogP contribution in [-0.4, -0.2) is 29.1 Å². The second-order valence-corrected chi connectivity index (χ2v) is 5.39. The fraction of sp³-hybridized carbons (Fsp3) is 0.125. The standard InChI is InChI=1S/C16H13FN6O/c1-21-15-12(8-19-21)16(24)22(10-18-15)9-11-6-7-23(20-11)14-5-3-2-4-13(14)17/h2-8,10H,9H2,1H3. The number of halogens is 1. The van der Waals surface area contributed by atoms with Crippen LogP contribution in [-0.2, 0) is 13.6 Å². The molecule has 0 saturated heterocycles. The van der Waals surface area contributed by atoms with Gasteiger partial charge in [-0.15, -0.1) is 0 Å². The molecule has 0 aliphatic rings. The molecule has 0 atom stereocenters. The van der Waals surface area contributed by atoms with Gasteiger partial charge < -0.3 is 0 Å². The Hall–Kier alpha value is -3.29. The van der Waals surface area contributed by atoms with Crippen LogP contribution in [0.4, 0.5) is 4.39 Å². The minimum atomic E-state index is -0.359. The maximum absolute atomic E-state index is 13.8. The molecule has 0 saturated carbocycles. The topological polar surface area (TPSA) is 70.5 Å². The smallest absolute Gasteiger partial charge is 0.264 e. The summed E-state index contributed by atoms with van der Waals surface area (Å²) in [4.78, 5) is 16.7. The lowest BCUT2D eigenvalue weighted by molar-refractivity contribution is 0.608. The zero-order valence-corrected chi connectivity index (χ0v) is 12.8. The first kappa shape index (κ1) is 14.3. The van der Waals surface area contributed by atoms with Crippen molar-refractivity contribution >= 4 is 11.0 Å². The zero-order chi connectivity index (χ0) is 16.7. The second-order valence-electron chi connectivity index (χ2n) is 5.39. The molecule has 4 aromatic rings. The Labute approximate surface area is 135 Å². The lowest BCUT2D eigenvalue weighted by Gasteiger charge is -2.04. The van der Waals surface area contributed by atoms with Crippen molar-refractivity contribution in [1.82, 2.24) is 29.1 Å². The molecule has 4 rings (SSSR count). The van der Waals surface area contributed by atoms with Crippen LogP contribution in [0.3, 0.4) is 0 Å². The molecular formula is C16H13FN6O. The Morgan fingerprint density at radius 2 is 2.04 bits per heavy atom. The van der Waals surface area contributed by atoms with Gasteiger partial charge in [0.1, 0.15) is 23.2 Å². The monoisotopic (exact) mass is 324 g/mol. The molecule has 0 bridgehead atoms. The Bertz CT molecular complexity index is 1090. The molecule has 0 aliphatic carbocycles. The zero-order valence-electron chi connectivity index (χ0n) is 12.8. The lowest BCUT2D eigenvalue weighted by Crippen LogP contribution is -2.21. The Morgan fingerprint density at radius 3 is 2.88 bits per heavy atom. The average Bonchev–Trinajstić information content (AvgIpc) is 3.18. The summed E-state index contributed by atoms with van der Waals surface area (Å²) in [5, 5.41) is 8.82. The van der Waals surface area contributed by atoms with Gasteiger partial charge in [-0.05, 0) is 18.2 Å². The van der Waals surface area contributed by atoms with Crippen molar-refractivity contribution in [3.8, 4) is 5.69 Å². The van der Waals surface area contributed by atoms with Gasteiger partial charge in [0.15, 0.2) is 5.65 Å². The van der Waals surface area contributed by atoms with E-state index in [4.69, 9.17) is 0 Å². The highest BCUT2D eigenvalue weighted by atomic mass is 19.1. The average molecular weight is 324 g/mol. The van der Waals surface area contributed by atoms with E-state index < -0.39 is 0 Å². The van der Waals surface area contributed by atoms with Gasteiger partial charge >= 0.3 is 0 Å². The number of fused-ring (bicyclic) bond motifs is 1. The quantitative estimate of drug-likeness (QED) is 0.573. The van der Waals surface area contributed by atoms with Gasteiger partial charge in [-0.1, -0.05) is 12.1 Å². The molecule has 0 N–H and O–H groups in total. The van der Waals surface area contributed by atoms with Gasteiger partial charge in [0.25, 0.3) is 5.56 Å². The van der Waals surface area contributed by atoms with Gasteiger partial charge in [0.05, 0.1) is 18.4 Å². The van der Waals surface area contributed by atoms with Gasteiger partial charge in [-0.3, -0.25) is 14.0 Å². The summed E-state index contributed by atoms with van der Waals surface area (Å²) in [7, 11) is 1.73. The van der Waals surface area contributed by atoms with Crippen LogP contribution >= 0.6 is 0 Å². The van der Waals surface area contributed by atoms with E-state index in [9.17, 15) is 9.18 Å². The highest BCUT2D eigenvalue weighted by molar-refractivity contribution is 5.72. The van der Waals surface area contributed by atoms with Crippen molar-refractivity contribution in [3.63, 3.8) is 0 Å². The van der Waals surface area contributed by atoms with E-state index in [-0.39, 0.29) is 17.9 Å². The second kappa shape index (κ2) is 5.41. The van der Waals surface area contributed by atoms with E-state index in [0.717, 1.165) is 0 Å². The molecule has 24 heavy (non-hydrogen) atoms. The largest absolute Gasteiger partial charge is 0.292 e. The molecule has 1 aromatic carbocycles. The number of hydrogen-bond donors (Lipinski definition) is 0. The van der Waals surface area contributed by atoms with Crippen molar-refractivity contribution in [1.29, 1.82) is 0 Å². The number of nitrogens with zero attached hydrogens (tertiary/aromatic N) is 6. The number of aromatic nitrogens is 6. The fourth-order valence-corrected chi connectivity index (χ4v) is 2.57. The molecule has 0 aliphatic heterocycles. The highest BCUT2D eigenvalue weighted by Gasteiger charge is 2.10. The summed E-state index contributed by atoms with van der Waals surface area (Å²) in [5.41, 5.74) is 1.34. The summed E-state index contributed by atoms with van der Waals surface area (Å²) in [6, 6.07) is 8.12. The van der Waals surface area contributed by atoms with Crippen LogP contribution in [0.15, 0.2) is 53.8 Å². The molecular weight excluding hydrogens is 311 g/mol. The van der Waals surface area contributed by atoms with E-state index in [2.05, 4.69) is 15.2 Å². The molecule has 0 unspecified atom stereocenters. The number of benzene rings is 1. The third kappa shape index (κ3) is 2.28. The van der Waals surface area contributed by atoms with E-state index >= 15 is 0 Å². The predicted molar refractivity (Wildman–Crippen MR) is 85.4 cm³/mol. The van der Waals surface area contributed by atoms with Gasteiger partial charge in [0, 0.05) is 13.2 Å². The maximum atomic E-state index is 13.8. The fourth-order valence-electron chi connectivity index (χ4n) is 2.57. The van der Waals surface area contributed by atoms with E-state index in [1.54, 1.807) is 42.2 Å². The van der Waals surface area contributed by atoms with Crippen molar-refractivity contribution in [3.05, 3.63) is 70.9 Å². The molecule has 0 radical (unpaired) electrons. The minimum Gasteiger partial charge on any atom is -0.292 e. The summed E-state index contributed by atoms with van der Waals surface area (Å²) in [6.07, 6.45) is 4.63. The number of para-hydroxylation sites is 1. The lowest BCUT2D eigenvalue weighted by atomic mass is 10.3. The molecule has 3 heterocycles. The van der Waals surface area contributed by atoms with Crippen molar-refractivity contribution < 1.29 is 4.39 Å². The van der Waals surface area contributed by atoms with Gasteiger partial charge in [0.2, 0.25) is 0 Å². The molecule has 8 heteroatoms. The first-order valence-corrected chi connectivity index (χ1v) is 7.30. The Morgan fingerprint density at radius 1 is 1.21 bits per heavy atom.